The first-order chi connectivity index (χ1) is 8.07. The maximum absolute atomic E-state index is 11.2. The fourth-order valence-corrected chi connectivity index (χ4v) is 1.21. The summed E-state index contributed by atoms with van der Waals surface area (Å²) in [6.45, 7) is 4.21. The second-order valence-corrected chi connectivity index (χ2v) is 4.32. The highest BCUT2D eigenvalue weighted by Crippen LogP contribution is 1.91. The fraction of sp³-hybridized carbons (Fsp3) is 0.917. The van der Waals surface area contributed by atoms with Crippen molar-refractivity contribution in [2.45, 2.75) is 32.3 Å². The Morgan fingerprint density at radius 2 is 2.18 bits per heavy atom. The normalized spacial score (nSPS) is 12.5. The molecule has 1 atom stereocenters. The van der Waals surface area contributed by atoms with Gasteiger partial charge in [-0.2, -0.15) is 0 Å². The van der Waals surface area contributed by atoms with Crippen molar-refractivity contribution in [2.24, 2.45) is 0 Å². The summed E-state index contributed by atoms with van der Waals surface area (Å²) in [4.78, 5) is 12.8. The second-order valence-electron chi connectivity index (χ2n) is 4.32. The van der Waals surface area contributed by atoms with E-state index in [2.05, 4.69) is 12.2 Å². The molecule has 0 aromatic rings. The lowest BCUT2D eigenvalue weighted by atomic mass is 10.3. The first-order valence-electron chi connectivity index (χ1n) is 6.24. The molecule has 0 spiro atoms. The van der Waals surface area contributed by atoms with Crippen molar-refractivity contribution in [3.05, 3.63) is 0 Å². The van der Waals surface area contributed by atoms with Gasteiger partial charge in [0.1, 0.15) is 0 Å². The van der Waals surface area contributed by atoms with Crippen molar-refractivity contribution in [3.63, 3.8) is 0 Å². The van der Waals surface area contributed by atoms with Gasteiger partial charge in [-0.15, -0.1) is 0 Å². The molecule has 0 aromatic carbocycles. The van der Waals surface area contributed by atoms with Gasteiger partial charge >= 0.3 is 0 Å². The van der Waals surface area contributed by atoms with Crippen LogP contribution >= 0.6 is 0 Å². The van der Waals surface area contributed by atoms with Gasteiger partial charge in [0.2, 0.25) is 5.91 Å². The summed E-state index contributed by atoms with van der Waals surface area (Å²) in [6, 6.07) is 0. The number of carbonyl (C=O) groups is 1. The van der Waals surface area contributed by atoms with Gasteiger partial charge in [0.15, 0.2) is 0 Å². The third kappa shape index (κ3) is 10.2. The fourth-order valence-electron chi connectivity index (χ4n) is 1.21. The summed E-state index contributed by atoms with van der Waals surface area (Å²) < 4.78 is 5.29. The standard InChI is InChI=1S/C12H26N2O3/c1-4-5-8-17-10-11(15)9-13-7-6-12(16)14(2)3/h11,13,15H,4-10H2,1-3H3. The lowest BCUT2D eigenvalue weighted by molar-refractivity contribution is -0.128. The molecule has 0 aromatic heterocycles. The van der Waals surface area contributed by atoms with Crippen LogP contribution in [0.15, 0.2) is 0 Å². The number of hydrogen-bond acceptors (Lipinski definition) is 4. The smallest absolute Gasteiger partial charge is 0.223 e. The van der Waals surface area contributed by atoms with E-state index < -0.39 is 6.10 Å². The van der Waals surface area contributed by atoms with Crippen LogP contribution in [-0.4, -0.2) is 62.4 Å². The van der Waals surface area contributed by atoms with Crippen LogP contribution in [0.5, 0.6) is 0 Å². The Morgan fingerprint density at radius 1 is 1.47 bits per heavy atom. The molecule has 0 rings (SSSR count). The zero-order valence-electron chi connectivity index (χ0n) is 11.2. The summed E-state index contributed by atoms with van der Waals surface area (Å²) >= 11 is 0. The Kier molecular flexibility index (Phi) is 10.1. The lowest BCUT2D eigenvalue weighted by Gasteiger charge is -2.13. The number of nitrogens with one attached hydrogen (secondary N) is 1. The minimum Gasteiger partial charge on any atom is -0.389 e. The molecular formula is C12H26N2O3. The number of ether oxygens (including phenoxy) is 1. The Hall–Kier alpha value is -0.650. The topological polar surface area (TPSA) is 61.8 Å². The molecule has 5 nitrogen and oxygen atoms in total. The maximum atomic E-state index is 11.2. The van der Waals surface area contributed by atoms with Gasteiger partial charge in [-0.25, -0.2) is 0 Å². The van der Waals surface area contributed by atoms with E-state index in [9.17, 15) is 9.90 Å². The van der Waals surface area contributed by atoms with Crippen LogP contribution in [-0.2, 0) is 9.53 Å². The zero-order chi connectivity index (χ0) is 13.1. The molecule has 0 fully saturated rings. The molecule has 0 aliphatic carbocycles. The van der Waals surface area contributed by atoms with Gasteiger partial charge in [0.25, 0.3) is 0 Å². The third-order valence-corrected chi connectivity index (χ3v) is 2.35. The summed E-state index contributed by atoms with van der Waals surface area (Å²) in [5, 5.41) is 12.6. The van der Waals surface area contributed by atoms with Crippen LogP contribution in [0.2, 0.25) is 0 Å². The highest BCUT2D eigenvalue weighted by Gasteiger charge is 2.05. The quantitative estimate of drug-likeness (QED) is 0.542. The van der Waals surface area contributed by atoms with Gasteiger partial charge in [-0.1, -0.05) is 13.3 Å². The van der Waals surface area contributed by atoms with E-state index in [1.807, 2.05) is 0 Å². The largest absolute Gasteiger partial charge is 0.389 e. The molecule has 102 valence electrons. The van der Waals surface area contributed by atoms with Crippen LogP contribution in [0.1, 0.15) is 26.2 Å². The molecule has 17 heavy (non-hydrogen) atoms. The Morgan fingerprint density at radius 3 is 2.76 bits per heavy atom. The van der Waals surface area contributed by atoms with Crippen LogP contribution in [0, 0.1) is 0 Å². The average molecular weight is 246 g/mol. The van der Waals surface area contributed by atoms with Crippen molar-refractivity contribution in [2.75, 3.05) is 40.4 Å². The minimum atomic E-state index is -0.499. The number of amides is 1. The molecule has 0 saturated heterocycles. The first kappa shape index (κ1) is 16.4. The van der Waals surface area contributed by atoms with Gasteiger partial charge < -0.3 is 20.1 Å². The molecule has 0 saturated carbocycles. The number of unbranched alkanes of at least 4 members (excludes halogenated alkanes) is 1. The summed E-state index contributed by atoms with van der Waals surface area (Å²) in [6.07, 6.45) is 2.08. The predicted molar refractivity (Wildman–Crippen MR) is 67.9 cm³/mol. The van der Waals surface area contributed by atoms with Crippen LogP contribution < -0.4 is 5.32 Å². The van der Waals surface area contributed by atoms with Crippen molar-refractivity contribution in [1.29, 1.82) is 0 Å². The molecule has 0 radical (unpaired) electrons. The number of aliphatic hydroxyl groups excluding tert-OH is 1. The number of carbonyl (C=O) groups excluding carboxylic acids is 1. The second kappa shape index (κ2) is 10.5. The monoisotopic (exact) mass is 246 g/mol. The van der Waals surface area contributed by atoms with Crippen molar-refractivity contribution in [3.8, 4) is 0 Å². The Bertz CT molecular complexity index is 198. The molecular weight excluding hydrogens is 220 g/mol. The number of rotatable bonds is 10. The molecule has 0 aliphatic heterocycles. The lowest BCUT2D eigenvalue weighted by Crippen LogP contribution is -2.33. The van der Waals surface area contributed by atoms with Gasteiger partial charge in [-0.3, -0.25) is 4.79 Å². The Labute approximate surface area is 104 Å². The summed E-state index contributed by atoms with van der Waals surface area (Å²) in [7, 11) is 3.47. The van der Waals surface area contributed by atoms with Crippen molar-refractivity contribution < 1.29 is 14.6 Å². The molecule has 2 N–H and O–H groups in total. The number of hydrogen-bond donors (Lipinski definition) is 2. The summed E-state index contributed by atoms with van der Waals surface area (Å²) in [5.41, 5.74) is 0. The van der Waals surface area contributed by atoms with E-state index in [1.165, 1.54) is 0 Å². The van der Waals surface area contributed by atoms with E-state index in [-0.39, 0.29) is 5.91 Å². The van der Waals surface area contributed by atoms with Gasteiger partial charge in [0.05, 0.1) is 12.7 Å². The van der Waals surface area contributed by atoms with E-state index in [4.69, 9.17) is 4.74 Å². The van der Waals surface area contributed by atoms with Gasteiger partial charge in [-0.05, 0) is 6.42 Å². The highest BCUT2D eigenvalue weighted by molar-refractivity contribution is 5.75. The molecule has 5 heteroatoms. The molecule has 0 heterocycles. The predicted octanol–water partition coefficient (Wildman–Crippen LogP) is 0.232. The van der Waals surface area contributed by atoms with Gasteiger partial charge in [0, 0.05) is 40.2 Å². The average Bonchev–Trinajstić information content (AvgIpc) is 2.29. The van der Waals surface area contributed by atoms with E-state index >= 15 is 0 Å². The molecule has 1 unspecified atom stereocenters. The first-order valence-corrected chi connectivity index (χ1v) is 6.24. The molecule has 1 amide bonds. The van der Waals surface area contributed by atoms with Crippen LogP contribution in [0.25, 0.3) is 0 Å². The Balaban J connectivity index is 3.33. The maximum Gasteiger partial charge on any atom is 0.223 e. The minimum absolute atomic E-state index is 0.0891. The zero-order valence-corrected chi connectivity index (χ0v) is 11.2. The van der Waals surface area contributed by atoms with E-state index in [1.54, 1.807) is 19.0 Å². The van der Waals surface area contributed by atoms with Crippen molar-refractivity contribution in [1.82, 2.24) is 10.2 Å². The number of aliphatic hydroxyl groups is 1. The highest BCUT2D eigenvalue weighted by atomic mass is 16.5. The van der Waals surface area contributed by atoms with E-state index in [0.29, 0.717) is 32.7 Å². The third-order valence-electron chi connectivity index (χ3n) is 2.35. The van der Waals surface area contributed by atoms with Crippen molar-refractivity contribution >= 4 is 5.91 Å². The molecule has 0 aliphatic rings. The molecule has 0 bridgehead atoms. The SMILES string of the molecule is CCCCOCC(O)CNCCC(=O)N(C)C. The van der Waals surface area contributed by atoms with Crippen LogP contribution in [0.3, 0.4) is 0 Å². The number of nitrogens with zero attached hydrogens (tertiary/aromatic N) is 1. The van der Waals surface area contributed by atoms with E-state index in [0.717, 1.165) is 12.8 Å². The van der Waals surface area contributed by atoms with Crippen LogP contribution in [0.4, 0.5) is 0 Å². The summed E-state index contributed by atoms with van der Waals surface area (Å²) in [5.74, 6) is 0.0891.